The van der Waals surface area contributed by atoms with E-state index in [-0.39, 0.29) is 16.6 Å². The third-order valence-corrected chi connectivity index (χ3v) is 3.27. The van der Waals surface area contributed by atoms with E-state index in [9.17, 15) is 9.18 Å². The van der Waals surface area contributed by atoms with Crippen LogP contribution in [-0.2, 0) is 0 Å². The van der Waals surface area contributed by atoms with Crippen molar-refractivity contribution in [3.05, 3.63) is 63.3 Å². The van der Waals surface area contributed by atoms with E-state index in [0.29, 0.717) is 10.8 Å². The highest BCUT2D eigenvalue weighted by Crippen LogP contribution is 2.20. The molecule has 0 N–H and O–H groups in total. The summed E-state index contributed by atoms with van der Waals surface area (Å²) in [5.74, 6) is -0.544. The second-order valence-corrected chi connectivity index (χ2v) is 5.06. The summed E-state index contributed by atoms with van der Waals surface area (Å²) in [7, 11) is 0. The Morgan fingerprint density at radius 2 is 2.00 bits per heavy atom. The molecular weight excluding hydrogens is 335 g/mol. The van der Waals surface area contributed by atoms with Gasteiger partial charge >= 0.3 is 0 Å². The Morgan fingerprint density at radius 3 is 2.74 bits per heavy atom. The van der Waals surface area contributed by atoms with Crippen molar-refractivity contribution in [2.24, 2.45) is 0 Å². The van der Waals surface area contributed by atoms with Crippen molar-refractivity contribution in [1.29, 1.82) is 0 Å². The van der Waals surface area contributed by atoms with Gasteiger partial charge in [-0.15, -0.1) is 0 Å². The predicted octanol–water partition coefficient (Wildman–Crippen LogP) is 4.50. The third-order valence-electron chi connectivity index (χ3n) is 2.42. The summed E-state index contributed by atoms with van der Waals surface area (Å²) in [6, 6.07) is 11.2. The summed E-state index contributed by atoms with van der Waals surface area (Å²) < 4.78 is 19.2. The molecule has 5 heteroatoms. The van der Waals surface area contributed by atoms with Crippen molar-refractivity contribution < 1.29 is 13.9 Å². The van der Waals surface area contributed by atoms with Crippen LogP contribution in [0.1, 0.15) is 10.4 Å². The molecule has 0 fully saturated rings. The quantitative estimate of drug-likeness (QED) is 0.764. The van der Waals surface area contributed by atoms with Crippen molar-refractivity contribution in [3.8, 4) is 5.75 Å². The normalized spacial score (nSPS) is 10.3. The highest BCUT2D eigenvalue weighted by molar-refractivity contribution is 9.10. The van der Waals surface area contributed by atoms with Crippen LogP contribution < -0.4 is 4.74 Å². The molecule has 98 valence electrons. The van der Waals surface area contributed by atoms with E-state index in [1.807, 2.05) is 0 Å². The number of benzene rings is 2. The van der Waals surface area contributed by atoms with E-state index < -0.39 is 11.6 Å². The highest BCUT2D eigenvalue weighted by Gasteiger charge is 2.14. The molecule has 19 heavy (non-hydrogen) atoms. The van der Waals surface area contributed by atoms with Crippen molar-refractivity contribution in [3.63, 3.8) is 0 Å². The molecule has 0 radical (unpaired) electrons. The van der Waals surface area contributed by atoms with Gasteiger partial charge in [0.1, 0.15) is 11.6 Å². The van der Waals surface area contributed by atoms with Crippen LogP contribution in [0.4, 0.5) is 4.39 Å². The number of hydrogen-bond acceptors (Lipinski definition) is 2. The number of carbonyl (C=O) groups excluding carboxylic acids is 1. The van der Waals surface area contributed by atoms with E-state index in [2.05, 4.69) is 15.9 Å². The molecular formula is C14H9BrClFO2. The number of ketones is 1. The molecule has 0 saturated heterocycles. The number of hydrogen-bond donors (Lipinski definition) is 0. The van der Waals surface area contributed by atoms with E-state index in [1.165, 1.54) is 12.1 Å². The van der Waals surface area contributed by atoms with Gasteiger partial charge in [0.15, 0.2) is 6.61 Å². The maximum absolute atomic E-state index is 13.7. The van der Waals surface area contributed by atoms with Gasteiger partial charge in [-0.05, 0) is 46.3 Å². The van der Waals surface area contributed by atoms with Gasteiger partial charge in [-0.25, -0.2) is 4.39 Å². The number of rotatable bonds is 4. The van der Waals surface area contributed by atoms with Crippen LogP contribution in [0, 0.1) is 5.82 Å². The molecule has 2 rings (SSSR count). The lowest BCUT2D eigenvalue weighted by molar-refractivity contribution is 0.0917. The van der Waals surface area contributed by atoms with Crippen LogP contribution in [0.5, 0.6) is 5.75 Å². The summed E-state index contributed by atoms with van der Waals surface area (Å²) in [5, 5.41) is 0.513. The largest absolute Gasteiger partial charge is 0.485 e. The van der Waals surface area contributed by atoms with Crippen LogP contribution in [-0.4, -0.2) is 12.4 Å². The Morgan fingerprint density at radius 1 is 1.26 bits per heavy atom. The fourth-order valence-corrected chi connectivity index (χ4v) is 2.05. The average molecular weight is 344 g/mol. The minimum atomic E-state index is -0.581. The molecule has 0 saturated carbocycles. The summed E-state index contributed by atoms with van der Waals surface area (Å²) >= 11 is 8.83. The number of Topliss-reactive ketones (excluding diaryl/α,β-unsaturated/α-hetero) is 1. The first-order valence-corrected chi connectivity index (χ1v) is 6.60. The summed E-state index contributed by atoms with van der Waals surface area (Å²) in [6.07, 6.45) is 0. The zero-order valence-corrected chi connectivity index (χ0v) is 12.0. The van der Waals surface area contributed by atoms with Gasteiger partial charge in [-0.1, -0.05) is 23.7 Å². The van der Waals surface area contributed by atoms with Gasteiger partial charge in [0.25, 0.3) is 0 Å². The molecule has 0 aliphatic carbocycles. The van der Waals surface area contributed by atoms with Crippen LogP contribution >= 0.6 is 27.5 Å². The minimum Gasteiger partial charge on any atom is -0.485 e. The van der Waals surface area contributed by atoms with E-state index in [4.69, 9.17) is 16.3 Å². The summed E-state index contributed by atoms with van der Waals surface area (Å²) in [5.41, 5.74) is -0.00333. The van der Waals surface area contributed by atoms with Crippen molar-refractivity contribution in [1.82, 2.24) is 0 Å². The minimum absolute atomic E-state index is 0.00333. The molecule has 0 amide bonds. The number of carbonyl (C=O) groups is 1. The maximum atomic E-state index is 13.7. The molecule has 2 aromatic carbocycles. The number of halogens is 3. The van der Waals surface area contributed by atoms with Crippen LogP contribution in [0.2, 0.25) is 5.02 Å². The first-order valence-electron chi connectivity index (χ1n) is 5.43. The topological polar surface area (TPSA) is 26.3 Å². The highest BCUT2D eigenvalue weighted by atomic mass is 79.9. The Balaban J connectivity index is 2.08. The first kappa shape index (κ1) is 14.0. The molecule has 0 atom stereocenters. The molecule has 0 bridgehead atoms. The lowest BCUT2D eigenvalue weighted by Gasteiger charge is -2.07. The molecule has 2 aromatic rings. The van der Waals surface area contributed by atoms with Gasteiger partial charge < -0.3 is 4.74 Å². The van der Waals surface area contributed by atoms with Gasteiger partial charge in [0.05, 0.1) is 10.0 Å². The van der Waals surface area contributed by atoms with Gasteiger partial charge in [0.2, 0.25) is 5.78 Å². The Labute approximate surface area is 123 Å². The van der Waals surface area contributed by atoms with E-state index in [0.717, 1.165) is 0 Å². The smallest absolute Gasteiger partial charge is 0.203 e. The molecule has 2 nitrogen and oxygen atoms in total. The molecule has 0 aliphatic heterocycles. The average Bonchev–Trinajstić information content (AvgIpc) is 2.39. The molecule has 0 aromatic heterocycles. The van der Waals surface area contributed by atoms with E-state index in [1.54, 1.807) is 30.3 Å². The first-order chi connectivity index (χ1) is 9.08. The zero-order valence-electron chi connectivity index (χ0n) is 9.70. The Bertz CT molecular complexity index is 616. The van der Waals surface area contributed by atoms with Gasteiger partial charge in [-0.2, -0.15) is 0 Å². The molecule has 0 aliphatic rings. The number of ether oxygens (including phenoxy) is 1. The van der Waals surface area contributed by atoms with Crippen molar-refractivity contribution >= 4 is 33.3 Å². The Kier molecular flexibility index (Phi) is 4.56. The van der Waals surface area contributed by atoms with Crippen molar-refractivity contribution in [2.75, 3.05) is 6.61 Å². The summed E-state index contributed by atoms with van der Waals surface area (Å²) in [6.45, 7) is -0.242. The summed E-state index contributed by atoms with van der Waals surface area (Å²) in [4.78, 5) is 11.9. The van der Waals surface area contributed by atoms with Crippen LogP contribution in [0.25, 0.3) is 0 Å². The third kappa shape index (κ3) is 3.55. The fraction of sp³-hybridized carbons (Fsp3) is 0.0714. The van der Waals surface area contributed by atoms with Gasteiger partial charge in [0, 0.05) is 5.02 Å². The van der Waals surface area contributed by atoms with Crippen LogP contribution in [0.3, 0.4) is 0 Å². The second kappa shape index (κ2) is 6.17. The zero-order chi connectivity index (χ0) is 13.8. The SMILES string of the molecule is O=C(COc1cccc(Cl)c1)c1cccc(Br)c1F. The second-order valence-electron chi connectivity index (χ2n) is 3.77. The van der Waals surface area contributed by atoms with Crippen LogP contribution in [0.15, 0.2) is 46.9 Å². The molecule has 0 heterocycles. The maximum Gasteiger partial charge on any atom is 0.203 e. The Hall–Kier alpha value is -1.39. The van der Waals surface area contributed by atoms with E-state index >= 15 is 0 Å². The lowest BCUT2D eigenvalue weighted by atomic mass is 10.1. The van der Waals surface area contributed by atoms with Gasteiger partial charge in [-0.3, -0.25) is 4.79 Å². The predicted molar refractivity (Wildman–Crippen MR) is 75.4 cm³/mol. The molecule has 0 spiro atoms. The fourth-order valence-electron chi connectivity index (χ4n) is 1.50. The molecule has 0 unspecified atom stereocenters. The monoisotopic (exact) mass is 342 g/mol. The standard InChI is InChI=1S/C14H9BrClFO2/c15-12-6-2-5-11(14(12)17)13(18)8-19-10-4-1-3-9(16)7-10/h1-7H,8H2. The van der Waals surface area contributed by atoms with Crippen molar-refractivity contribution in [2.45, 2.75) is 0 Å². The lowest BCUT2D eigenvalue weighted by Crippen LogP contribution is -2.13.